The van der Waals surface area contributed by atoms with Crippen molar-refractivity contribution in [1.29, 1.82) is 0 Å². The molecule has 436 valence electrons. The van der Waals surface area contributed by atoms with Crippen LogP contribution >= 0.6 is 0 Å². The number of hydrogen-bond acceptors (Lipinski definition) is 12. The molecular formula is C64H110N2O10. The Kier molecular flexibility index (Phi) is 38.1. The first-order chi connectivity index (χ1) is 37.1. The van der Waals surface area contributed by atoms with Gasteiger partial charge in [-0.1, -0.05) is 244 Å². The second kappa shape index (κ2) is 43.4. The highest BCUT2D eigenvalue weighted by atomic mass is 16.7. The summed E-state index contributed by atoms with van der Waals surface area (Å²) >= 11 is 0. The van der Waals surface area contributed by atoms with E-state index in [9.17, 15) is 24.0 Å². The molecule has 0 radical (unpaired) electrons. The average molecular weight is 1070 g/mol. The molecule has 0 bridgehead atoms. The molecule has 12 nitrogen and oxygen atoms in total. The van der Waals surface area contributed by atoms with E-state index >= 15 is 0 Å². The molecule has 1 heterocycles. The van der Waals surface area contributed by atoms with Gasteiger partial charge in [0, 0.05) is 19.3 Å². The van der Waals surface area contributed by atoms with Crippen molar-refractivity contribution in [2.45, 2.75) is 314 Å². The highest BCUT2D eigenvalue weighted by molar-refractivity contribution is 5.94. The lowest BCUT2D eigenvalue weighted by Gasteiger charge is -2.33. The minimum absolute atomic E-state index is 0.0384. The Morgan fingerprint density at radius 3 is 1.51 bits per heavy atom. The molecule has 0 spiro atoms. The summed E-state index contributed by atoms with van der Waals surface area (Å²) in [4.78, 5) is 67.9. The topological polar surface area (TPSA) is 156 Å². The standard InChI is InChI=1S/C64H110N2O10/c1-5-8-11-14-17-19-21-23-25-27-29-31-37-44-59(67)73-51-56(52-74-60(68)45-38-32-30-28-26-24-22-20-18-15-12-9-6-2)75-62(70)57(47-46-54-41-35-34-36-42-54)65-53(4)61(69)64-48-40-43-55(64)50-58(66-64)76-63(71)72-49-39-33-16-13-10-7-3/h34-36,41-42,53,55-58,65-66H,5-33,37-40,43-52H2,1-4H3/t53-,55-,57-,58-,64-/m0/s1. The lowest BCUT2D eigenvalue weighted by atomic mass is 9.82. The second-order valence-electron chi connectivity index (χ2n) is 22.7. The minimum Gasteiger partial charge on any atom is -0.462 e. The molecule has 0 aromatic heterocycles. The van der Waals surface area contributed by atoms with Crippen molar-refractivity contribution in [1.82, 2.24) is 10.6 Å². The Hall–Kier alpha value is -3.51. The first-order valence-corrected chi connectivity index (χ1v) is 31.6. The number of fused-ring (bicyclic) bond motifs is 1. The van der Waals surface area contributed by atoms with Gasteiger partial charge in [0.05, 0.1) is 18.2 Å². The summed E-state index contributed by atoms with van der Waals surface area (Å²) in [5.74, 6) is -1.50. The van der Waals surface area contributed by atoms with Crippen LogP contribution < -0.4 is 10.6 Å². The van der Waals surface area contributed by atoms with Gasteiger partial charge in [0.15, 0.2) is 18.1 Å². The number of ether oxygens (including phenoxy) is 5. The van der Waals surface area contributed by atoms with Gasteiger partial charge in [-0.15, -0.1) is 0 Å². The normalized spacial score (nSPS) is 17.8. The van der Waals surface area contributed by atoms with Crippen LogP contribution in [0.15, 0.2) is 30.3 Å². The second-order valence-corrected chi connectivity index (χ2v) is 22.7. The van der Waals surface area contributed by atoms with Crippen LogP contribution in [-0.2, 0) is 49.3 Å². The van der Waals surface area contributed by atoms with Gasteiger partial charge in [-0.3, -0.25) is 29.8 Å². The zero-order valence-electron chi connectivity index (χ0n) is 48.8. The number of rotatable bonds is 49. The first-order valence-electron chi connectivity index (χ1n) is 31.6. The van der Waals surface area contributed by atoms with Crippen LogP contribution in [0.5, 0.6) is 0 Å². The maximum atomic E-state index is 14.6. The van der Waals surface area contributed by atoms with Crippen LogP contribution in [0.4, 0.5) is 4.79 Å². The number of Topliss-reactive ketones (excluding diaryl/α,β-unsaturated/α-hetero) is 1. The number of unbranched alkanes of at least 4 members (excludes halogenated alkanes) is 29. The van der Waals surface area contributed by atoms with Crippen molar-refractivity contribution in [3.8, 4) is 0 Å². The molecule has 5 atom stereocenters. The predicted octanol–water partition coefficient (Wildman–Crippen LogP) is 15.9. The van der Waals surface area contributed by atoms with E-state index in [4.69, 9.17) is 23.7 Å². The predicted molar refractivity (Wildman–Crippen MR) is 306 cm³/mol. The van der Waals surface area contributed by atoms with Gasteiger partial charge in [-0.2, -0.15) is 0 Å². The fraction of sp³-hybridized carbons (Fsp3) is 0.828. The van der Waals surface area contributed by atoms with E-state index in [-0.39, 0.29) is 49.7 Å². The van der Waals surface area contributed by atoms with Gasteiger partial charge in [0.2, 0.25) is 0 Å². The van der Waals surface area contributed by atoms with E-state index in [2.05, 4.69) is 31.4 Å². The summed E-state index contributed by atoms with van der Waals surface area (Å²) in [6.07, 6.45) is 39.6. The summed E-state index contributed by atoms with van der Waals surface area (Å²) in [7, 11) is 0. The largest absolute Gasteiger partial charge is 0.509 e. The van der Waals surface area contributed by atoms with Crippen LogP contribution in [-0.4, -0.2) is 79.6 Å². The molecule has 0 unspecified atom stereocenters. The molecule has 76 heavy (non-hydrogen) atoms. The maximum Gasteiger partial charge on any atom is 0.509 e. The molecule has 1 aliphatic carbocycles. The van der Waals surface area contributed by atoms with Crippen molar-refractivity contribution in [3.05, 3.63) is 35.9 Å². The zero-order valence-corrected chi connectivity index (χ0v) is 48.8. The van der Waals surface area contributed by atoms with Gasteiger partial charge < -0.3 is 23.7 Å². The van der Waals surface area contributed by atoms with Crippen LogP contribution in [0.2, 0.25) is 0 Å². The van der Waals surface area contributed by atoms with Crippen LogP contribution in [0, 0.1) is 5.92 Å². The van der Waals surface area contributed by atoms with Crippen molar-refractivity contribution >= 4 is 29.8 Å². The summed E-state index contributed by atoms with van der Waals surface area (Å²) in [6, 6.07) is 8.15. The monoisotopic (exact) mass is 1070 g/mol. The van der Waals surface area contributed by atoms with Crippen molar-refractivity contribution in [3.63, 3.8) is 0 Å². The first kappa shape index (κ1) is 66.8. The van der Waals surface area contributed by atoms with Gasteiger partial charge >= 0.3 is 24.1 Å². The van der Waals surface area contributed by atoms with E-state index in [0.29, 0.717) is 32.3 Å². The SMILES string of the molecule is CCCCCCCCCCCCCCCC(=O)OCC(COC(=O)CCCCCCCCCCCCCCC)OC(=O)[C@H](CCc1ccccc1)N[C@@H](C)C(=O)[C@]12CCC[C@H]1C[C@H](OC(=O)OCCCCCCCC)N2. The van der Waals surface area contributed by atoms with Crippen molar-refractivity contribution in [2.24, 2.45) is 5.92 Å². The Balaban J connectivity index is 1.57. The maximum absolute atomic E-state index is 14.6. The molecule has 1 saturated heterocycles. The summed E-state index contributed by atoms with van der Waals surface area (Å²) in [5.41, 5.74) is 0.104. The number of hydrogen-bond donors (Lipinski definition) is 2. The molecule has 12 heteroatoms. The molecule has 0 amide bonds. The Morgan fingerprint density at radius 2 is 1.04 bits per heavy atom. The van der Waals surface area contributed by atoms with E-state index in [1.165, 1.54) is 148 Å². The summed E-state index contributed by atoms with van der Waals surface area (Å²) in [5, 5.41) is 6.74. The molecule has 2 N–H and O–H groups in total. The number of esters is 3. The quantitative estimate of drug-likeness (QED) is 0.0362. The zero-order chi connectivity index (χ0) is 54.7. The van der Waals surface area contributed by atoms with Crippen LogP contribution in [0.3, 0.4) is 0 Å². The number of nitrogens with one attached hydrogen (secondary N) is 2. The van der Waals surface area contributed by atoms with Crippen molar-refractivity contribution < 1.29 is 47.7 Å². The van der Waals surface area contributed by atoms with E-state index in [1.54, 1.807) is 6.92 Å². The molecule has 2 fully saturated rings. The Morgan fingerprint density at radius 1 is 0.592 bits per heavy atom. The molecular weight excluding hydrogens is 957 g/mol. The highest BCUT2D eigenvalue weighted by Crippen LogP contribution is 2.45. The van der Waals surface area contributed by atoms with Crippen molar-refractivity contribution in [2.75, 3.05) is 19.8 Å². The summed E-state index contributed by atoms with van der Waals surface area (Å²) in [6.45, 7) is 8.28. The molecule has 1 aromatic rings. The van der Waals surface area contributed by atoms with Gasteiger partial charge in [0.25, 0.3) is 0 Å². The molecule has 1 saturated carbocycles. The highest BCUT2D eigenvalue weighted by Gasteiger charge is 2.56. The van der Waals surface area contributed by atoms with Gasteiger partial charge in [-0.25, -0.2) is 4.79 Å². The third kappa shape index (κ3) is 30.0. The molecule has 1 aromatic carbocycles. The minimum atomic E-state index is -1.03. The molecule has 3 rings (SSSR count). The number of aryl methyl sites for hydroxylation is 1. The fourth-order valence-electron chi connectivity index (χ4n) is 11.3. The molecule has 1 aliphatic heterocycles. The Bertz CT molecular complexity index is 1610. The summed E-state index contributed by atoms with van der Waals surface area (Å²) < 4.78 is 28.7. The van der Waals surface area contributed by atoms with E-state index in [1.807, 2.05) is 30.3 Å². The molecule has 2 aliphatic rings. The van der Waals surface area contributed by atoms with E-state index in [0.717, 1.165) is 76.2 Å². The number of benzene rings is 1. The smallest absolute Gasteiger partial charge is 0.462 e. The number of ketones is 1. The number of carbonyl (C=O) groups excluding carboxylic acids is 5. The van der Waals surface area contributed by atoms with Crippen LogP contribution in [0.1, 0.15) is 284 Å². The third-order valence-electron chi connectivity index (χ3n) is 15.9. The average Bonchev–Trinajstić information content (AvgIpc) is 3.99. The Labute approximate surface area is 462 Å². The lowest BCUT2D eigenvalue weighted by Crippen LogP contribution is -2.59. The third-order valence-corrected chi connectivity index (χ3v) is 15.9. The van der Waals surface area contributed by atoms with Crippen LogP contribution in [0.25, 0.3) is 0 Å². The van der Waals surface area contributed by atoms with Gasteiger partial charge in [0.1, 0.15) is 19.3 Å². The lowest BCUT2D eigenvalue weighted by molar-refractivity contribution is -0.168. The fourth-order valence-corrected chi connectivity index (χ4v) is 11.3. The van der Waals surface area contributed by atoms with E-state index < -0.39 is 42.1 Å². The van der Waals surface area contributed by atoms with Gasteiger partial charge in [-0.05, 0) is 63.4 Å². The number of carbonyl (C=O) groups is 5.